The van der Waals surface area contributed by atoms with Crippen molar-refractivity contribution in [1.29, 1.82) is 0 Å². The average Bonchev–Trinajstić information content (AvgIpc) is 0.718. The predicted octanol–water partition coefficient (Wildman–Crippen LogP) is 8.41. The highest BCUT2D eigenvalue weighted by atomic mass is 31.2. The number of fused-ring (bicyclic) bond motifs is 8. The maximum atomic E-state index is 15.0. The molecule has 5 aliphatic carbocycles. The monoisotopic (exact) mass is 2000 g/mol. The number of carbonyl (C=O) groups is 10. The van der Waals surface area contributed by atoms with E-state index >= 15 is 0 Å². The number of rotatable bonds is 58. The number of aliphatic imine (C=N–C) groups is 1. The van der Waals surface area contributed by atoms with Gasteiger partial charge in [-0.1, -0.05) is 134 Å². The maximum Gasteiger partial charge on any atom is 0.327 e. The molecule has 1 heterocycles. The summed E-state index contributed by atoms with van der Waals surface area (Å²) in [6.45, 7) is 17.8. The van der Waals surface area contributed by atoms with Gasteiger partial charge in [-0.3, -0.25) is 62.8 Å². The van der Waals surface area contributed by atoms with Crippen molar-refractivity contribution in [2.45, 2.75) is 237 Å². The van der Waals surface area contributed by atoms with Crippen molar-refractivity contribution < 1.29 is 120 Å². The zero-order valence-corrected chi connectivity index (χ0v) is 84.7. The van der Waals surface area contributed by atoms with Crippen LogP contribution in [0.25, 0.3) is 12.2 Å². The van der Waals surface area contributed by atoms with Crippen LogP contribution in [0.2, 0.25) is 0 Å². The predicted molar refractivity (Wildman–Crippen MR) is 536 cm³/mol. The van der Waals surface area contributed by atoms with Crippen LogP contribution in [0, 0.1) is 28.6 Å². The molecule has 1 aliphatic heterocycles. The first-order valence-corrected chi connectivity index (χ1v) is 52.4. The number of aliphatic hydroxyl groups is 1. The Bertz CT molecular complexity index is 4960. The minimum Gasteiger partial charge on any atom is -0.508 e. The molecular formula is C104H153N12O25P. The molecule has 0 bridgehead atoms. The van der Waals surface area contributed by atoms with Gasteiger partial charge in [0.15, 0.2) is 0 Å². The number of aryl methyl sites for hydroxylation is 2. The zero-order valence-electron chi connectivity index (χ0n) is 83.8. The van der Waals surface area contributed by atoms with E-state index in [9.17, 15) is 62.7 Å². The van der Waals surface area contributed by atoms with E-state index in [0.717, 1.165) is 90.4 Å². The lowest BCUT2D eigenvalue weighted by Crippen LogP contribution is -2.60. The number of hydrogen-bond acceptors (Lipinski definition) is 26. The number of para-hydroxylation sites is 1. The van der Waals surface area contributed by atoms with E-state index < -0.39 is 102 Å². The molecular weight excluding hydrogens is 1850 g/mol. The molecule has 142 heavy (non-hydrogen) atoms. The number of hydrogen-bond donors (Lipinski definition) is 13. The first-order valence-electron chi connectivity index (χ1n) is 50.6. The lowest BCUT2D eigenvalue weighted by atomic mass is 9.49. The van der Waals surface area contributed by atoms with Crippen LogP contribution in [0.1, 0.15) is 216 Å². The fourth-order valence-corrected chi connectivity index (χ4v) is 21.0. The van der Waals surface area contributed by atoms with Gasteiger partial charge in [0.05, 0.1) is 160 Å². The molecule has 1 unspecified atom stereocenters. The highest BCUT2D eigenvalue weighted by Crippen LogP contribution is 2.60. The minimum absolute atomic E-state index is 0.0225. The number of benzene rings is 4. The molecule has 4 aromatic carbocycles. The van der Waals surface area contributed by atoms with Gasteiger partial charge in [-0.05, 0) is 201 Å². The van der Waals surface area contributed by atoms with Crippen LogP contribution in [0.4, 0.5) is 11.4 Å². The second-order valence-corrected chi connectivity index (χ2v) is 40.6. The van der Waals surface area contributed by atoms with Gasteiger partial charge in [-0.15, -0.1) is 0 Å². The number of hydrazone groups is 1. The van der Waals surface area contributed by atoms with Crippen molar-refractivity contribution in [3.05, 3.63) is 124 Å². The van der Waals surface area contributed by atoms with E-state index in [0.29, 0.717) is 134 Å². The smallest absolute Gasteiger partial charge is 0.327 e. The first-order chi connectivity index (χ1) is 68.3. The summed E-state index contributed by atoms with van der Waals surface area (Å²) in [4.78, 5) is 165. The van der Waals surface area contributed by atoms with Gasteiger partial charge in [0.25, 0.3) is 0 Å². The Balaban J connectivity index is 0.661. The lowest BCUT2D eigenvalue weighted by Gasteiger charge is -2.56. The molecule has 38 heteroatoms. The van der Waals surface area contributed by atoms with E-state index in [2.05, 4.69) is 61.5 Å². The number of ether oxygens (including phenoxy) is 10. The van der Waals surface area contributed by atoms with Gasteiger partial charge >= 0.3 is 7.60 Å². The second kappa shape index (κ2) is 57.8. The third-order valence-electron chi connectivity index (χ3n) is 28.3. The molecule has 3 saturated carbocycles. The van der Waals surface area contributed by atoms with Crippen LogP contribution in [0.3, 0.4) is 0 Å². The second-order valence-electron chi connectivity index (χ2n) is 38.9. The Labute approximate surface area is 834 Å². The Hall–Kier alpha value is -9.83. The van der Waals surface area contributed by atoms with Crippen LogP contribution >= 0.6 is 7.60 Å². The number of unbranched alkanes of at least 4 members (excludes halogenated alkanes) is 1. The van der Waals surface area contributed by atoms with Crippen molar-refractivity contribution in [2.24, 2.45) is 44.5 Å². The van der Waals surface area contributed by atoms with Crippen LogP contribution in [-0.4, -0.2) is 279 Å². The van der Waals surface area contributed by atoms with Gasteiger partial charge in [-0.2, -0.15) is 5.10 Å². The fourth-order valence-electron chi connectivity index (χ4n) is 20.6. The Morgan fingerprint density at radius 3 is 1.68 bits per heavy atom. The zero-order chi connectivity index (χ0) is 102. The number of nitrogens with one attached hydrogen (secondary N) is 8. The van der Waals surface area contributed by atoms with Crippen molar-refractivity contribution in [3.8, 4) is 5.75 Å². The first kappa shape index (κ1) is 114. The molecule has 0 saturated heterocycles. The van der Waals surface area contributed by atoms with E-state index in [1.54, 1.807) is 30.9 Å². The van der Waals surface area contributed by atoms with Crippen LogP contribution in [-0.2, 0) is 130 Å². The third-order valence-corrected chi connectivity index (χ3v) is 29.1. The summed E-state index contributed by atoms with van der Waals surface area (Å²) in [5.41, 5.74) is 6.99. The molecule has 6 aliphatic rings. The molecule has 11 atom stereocenters. The molecule has 0 radical (unpaired) electrons. The van der Waals surface area contributed by atoms with E-state index in [1.165, 1.54) is 12.5 Å². The molecule has 0 aromatic heterocycles. The number of imide groups is 1. The number of phenols is 1. The normalized spacial score (nSPS) is 22.0. The summed E-state index contributed by atoms with van der Waals surface area (Å²) in [6, 6.07) is 21.9. The standard InChI is InChI=1S/C104H153N12O25P/c1-71(2)93(98(126)109-72(3)95(123)112-84(38-47-117)96(124)110-78-32-28-74-30-34-87-101(4,80(74)67-78)40-17-42-103(87,6)99(127)114-100(128)104(7)43-18-41-102(5)81-68-79(118)33-29-75(81)31-35-88(102)104)113-97(125)83(23-15-16-44-107-91(121)70-141-86-25-10-8-9-22-82(94(86)115-105)106-45-49-133-52-55-136-59-60-138-61-62-139-63-64-140-65-66-142(129,130)131)111-90(120)39-48-132-51-54-135-57-58-137-56-53-134-50-46-108-89(119)36-37-92(122)116-69-77-21-12-11-19-73(77)26-27-76-20-13-14-24-85(76)116/h11-14,19-21,24,26-29,32-33,67-68,71-72,83-84,86-88,93,117-118H,8-10,15-18,22-23,25,30-31,34-66,69-70,105H2,1-7H3,(H,107,121)(H,108,119)(H,109,126)(H,110,124)(H,111,120)(H,112,123)(H,113,125)(H,114,127,128)(H2,129,130,131)/b27-26-,106-82?,115-94?/t72-,83+,84-,86?,87+,88+,93-,101+,102+,103-,104-/m0/s1. The largest absolute Gasteiger partial charge is 0.508 e. The average molecular weight is 2000 g/mol. The molecule has 14 N–H and O–H groups in total. The Morgan fingerprint density at radius 1 is 0.514 bits per heavy atom. The van der Waals surface area contributed by atoms with Gasteiger partial charge in [0.1, 0.15) is 48.3 Å². The van der Waals surface area contributed by atoms with Crippen LogP contribution in [0.5, 0.6) is 5.75 Å². The van der Waals surface area contributed by atoms with Crippen molar-refractivity contribution >= 4 is 102 Å². The van der Waals surface area contributed by atoms with Crippen molar-refractivity contribution in [2.75, 3.05) is 168 Å². The SMILES string of the molecule is CC(C)[C@H](NC(=O)[C@@H](CCCCNC(=O)COC1CCCCCC(=NCCOCCOCCOCCOCCOCCP(=O)(O)O)C1=NN)NC(=O)CCOCCOCCOCCOCCNC(=O)CCC(=O)N1Cc2ccccc2/C=C\c2ccccc21)C(=O)N[C@@H](C)C(=O)N[C@@H](CCO)C(=O)Nc1ccc2c(c1)[C@@]1(C)CCC[C@](C)(C(=O)NC(=O)[C@@]3(C)CCC[C@]4(C)c5cc(O)ccc5CC[C@@H]34)[C@@H]1CC2. The highest BCUT2D eigenvalue weighted by molar-refractivity contribution is 7.51. The third kappa shape index (κ3) is 34.2. The summed E-state index contributed by atoms with van der Waals surface area (Å²) in [7, 11) is -4.09. The summed E-state index contributed by atoms with van der Waals surface area (Å²) < 4.78 is 67.1. The quantitative estimate of drug-likeness (QED) is 0.00648. The van der Waals surface area contributed by atoms with E-state index in [4.69, 9.17) is 68.0 Å². The summed E-state index contributed by atoms with van der Waals surface area (Å²) in [6.07, 6.45) is 14.6. The summed E-state index contributed by atoms with van der Waals surface area (Å²) in [5.74, 6) is 0.676. The molecule has 0 spiro atoms. The van der Waals surface area contributed by atoms with Gasteiger partial charge in [-0.25, -0.2) is 0 Å². The van der Waals surface area contributed by atoms with Crippen LogP contribution < -0.4 is 53.3 Å². The van der Waals surface area contributed by atoms with Crippen molar-refractivity contribution in [1.82, 2.24) is 37.2 Å². The number of anilines is 2. The van der Waals surface area contributed by atoms with Gasteiger partial charge < -0.3 is 115 Å². The van der Waals surface area contributed by atoms with Gasteiger partial charge in [0.2, 0.25) is 59.1 Å². The molecule has 10 amide bonds. The summed E-state index contributed by atoms with van der Waals surface area (Å²) in [5, 5.41) is 47.7. The minimum atomic E-state index is -4.09. The number of carbonyl (C=O) groups excluding carboxylic acids is 10. The molecule has 3 fully saturated rings. The van der Waals surface area contributed by atoms with Crippen molar-refractivity contribution in [3.63, 3.8) is 0 Å². The molecule has 10 rings (SSSR count). The number of amides is 10. The maximum absolute atomic E-state index is 15.0. The highest BCUT2D eigenvalue weighted by Gasteiger charge is 2.59. The molecule has 37 nitrogen and oxygen atoms in total. The molecule has 784 valence electrons. The number of nitrogens with zero attached hydrogens (tertiary/aromatic N) is 3. The van der Waals surface area contributed by atoms with E-state index in [1.807, 2.05) is 98.8 Å². The van der Waals surface area contributed by atoms with Gasteiger partial charge in [0, 0.05) is 44.6 Å². The molecule has 4 aromatic rings. The number of aromatic hydroxyl groups is 1. The number of aliphatic hydroxyl groups excluding tert-OH is 1. The Kier molecular flexibility index (Phi) is 46.4. The number of nitrogens with two attached hydrogens (primary N) is 1. The van der Waals surface area contributed by atoms with Crippen LogP contribution in [0.15, 0.2) is 95.0 Å². The Morgan fingerprint density at radius 2 is 1.07 bits per heavy atom. The van der Waals surface area contributed by atoms with E-state index in [-0.39, 0.29) is 177 Å². The fraction of sp³-hybridized carbons (Fsp3) is 0.635. The lowest BCUT2D eigenvalue weighted by molar-refractivity contribution is -0.150. The number of phenolic OH excluding ortho intramolecular Hbond substituents is 1. The summed E-state index contributed by atoms with van der Waals surface area (Å²) >= 11 is 0. The topological polar surface area (TPSA) is 511 Å².